The van der Waals surface area contributed by atoms with Crippen molar-refractivity contribution in [2.45, 2.75) is 51.8 Å². The molecular weight excluding hydrogens is 469 g/mol. The van der Waals surface area contributed by atoms with Gasteiger partial charge in [0.2, 0.25) is 5.91 Å². The monoisotopic (exact) mass is 500 g/mol. The lowest BCUT2D eigenvalue weighted by molar-refractivity contribution is -0.149. The number of anilines is 1. The zero-order valence-electron chi connectivity index (χ0n) is 21.2. The number of rotatable bonds is 10. The molecule has 1 atom stereocenters. The molecule has 0 fully saturated rings. The van der Waals surface area contributed by atoms with Gasteiger partial charge in [0, 0.05) is 25.2 Å². The highest BCUT2D eigenvalue weighted by molar-refractivity contribution is 6.64. The summed E-state index contributed by atoms with van der Waals surface area (Å²) in [6.45, 7) is 5.68. The fraction of sp³-hybridized carbons (Fsp3) is 0.357. The van der Waals surface area contributed by atoms with Crippen molar-refractivity contribution in [3.05, 3.63) is 76.9 Å². The summed E-state index contributed by atoms with van der Waals surface area (Å²) in [5.74, 6) is -0.950. The highest BCUT2D eigenvalue weighted by Gasteiger charge is 2.36. The molecule has 191 valence electrons. The number of hydrogen-bond donors (Lipinski definition) is 1. The van der Waals surface area contributed by atoms with Crippen LogP contribution in [-0.4, -0.2) is 61.5 Å². The molecule has 2 aliphatic rings. The molecule has 2 aliphatic heterocycles. The summed E-state index contributed by atoms with van der Waals surface area (Å²) in [6.07, 6.45) is 1.41. The number of ether oxygens (including phenoxy) is 1. The van der Waals surface area contributed by atoms with E-state index in [0.29, 0.717) is 24.8 Å². The van der Waals surface area contributed by atoms with E-state index in [0.717, 1.165) is 29.8 Å². The molecule has 1 radical (unpaired) electrons. The lowest BCUT2D eigenvalue weighted by Crippen LogP contribution is -2.46. The number of esters is 1. The van der Waals surface area contributed by atoms with Gasteiger partial charge in [0.25, 0.3) is 13.3 Å². The first-order chi connectivity index (χ1) is 17.9. The minimum Gasteiger partial charge on any atom is -0.462 e. The van der Waals surface area contributed by atoms with Gasteiger partial charge >= 0.3 is 5.97 Å². The molecule has 0 aliphatic carbocycles. The molecule has 0 unspecified atom stereocenters. The van der Waals surface area contributed by atoms with Crippen LogP contribution in [0.3, 0.4) is 0 Å². The molecule has 2 heterocycles. The minimum atomic E-state index is -0.731. The SMILES string of the molecule is CC(C)OC(=O)[C@H](Cc1ccc(N2C(=O)CC3=C(CCN(Cc4ccccc4)C3)C2=O)cc1)N[B]C=O. The number of hydrogen-bond acceptors (Lipinski definition) is 7. The molecule has 0 aromatic heterocycles. The van der Waals surface area contributed by atoms with Crippen molar-refractivity contribution >= 4 is 37.1 Å². The maximum Gasteiger partial charge on any atom is 0.322 e. The van der Waals surface area contributed by atoms with E-state index >= 15 is 0 Å². The van der Waals surface area contributed by atoms with Gasteiger partial charge in [-0.15, -0.1) is 0 Å². The fourth-order valence-electron chi connectivity index (χ4n) is 4.76. The Morgan fingerprint density at radius 2 is 1.81 bits per heavy atom. The minimum absolute atomic E-state index is 0.225. The molecule has 2 amide bonds. The van der Waals surface area contributed by atoms with Crippen LogP contribution in [0, 0.1) is 0 Å². The number of carbonyl (C=O) groups excluding carboxylic acids is 4. The van der Waals surface area contributed by atoms with Gasteiger partial charge in [-0.3, -0.25) is 19.3 Å². The zero-order valence-corrected chi connectivity index (χ0v) is 21.2. The Morgan fingerprint density at radius 3 is 2.49 bits per heavy atom. The molecule has 8 nitrogen and oxygen atoms in total. The second-order valence-electron chi connectivity index (χ2n) is 9.62. The Morgan fingerprint density at radius 1 is 1.08 bits per heavy atom. The van der Waals surface area contributed by atoms with Crippen LogP contribution in [0.15, 0.2) is 65.7 Å². The number of nitrogens with zero attached hydrogens (tertiary/aromatic N) is 2. The standard InChI is InChI=1S/C28H31BN3O5/c1-19(2)37-28(36)25(30-29-18-33)14-20-8-10-23(11-9-20)32-26(34)15-22-17-31(13-12-24(22)27(32)35)16-21-6-4-3-5-7-21/h3-11,18-19,25,30H,12-17H2,1-2H3/t25-/m0/s1. The molecule has 2 aromatic carbocycles. The third-order valence-electron chi connectivity index (χ3n) is 6.48. The number of nitrogens with one attached hydrogen (secondary N) is 1. The van der Waals surface area contributed by atoms with Gasteiger partial charge in [-0.2, -0.15) is 0 Å². The third kappa shape index (κ3) is 6.61. The molecular formula is C28H31BN3O5. The Kier molecular flexibility index (Phi) is 8.68. The topological polar surface area (TPSA) is 96.0 Å². The summed E-state index contributed by atoms with van der Waals surface area (Å²) in [4.78, 5) is 53.0. The fourth-order valence-corrected chi connectivity index (χ4v) is 4.76. The summed E-state index contributed by atoms with van der Waals surface area (Å²) < 4.78 is 5.28. The summed E-state index contributed by atoms with van der Waals surface area (Å²) >= 11 is 0. The Bertz CT molecular complexity index is 1180. The van der Waals surface area contributed by atoms with Crippen LogP contribution in [0.25, 0.3) is 0 Å². The molecule has 0 spiro atoms. The van der Waals surface area contributed by atoms with Gasteiger partial charge in [-0.1, -0.05) is 42.5 Å². The lowest BCUT2D eigenvalue weighted by Gasteiger charge is -2.36. The van der Waals surface area contributed by atoms with Crippen molar-refractivity contribution in [1.29, 1.82) is 0 Å². The van der Waals surface area contributed by atoms with E-state index in [9.17, 15) is 19.2 Å². The smallest absolute Gasteiger partial charge is 0.322 e. The maximum absolute atomic E-state index is 13.3. The van der Waals surface area contributed by atoms with Gasteiger partial charge in [0.05, 0.1) is 24.4 Å². The maximum atomic E-state index is 13.3. The highest BCUT2D eigenvalue weighted by Crippen LogP contribution is 2.31. The van der Waals surface area contributed by atoms with Crippen LogP contribution in [0.2, 0.25) is 0 Å². The van der Waals surface area contributed by atoms with Gasteiger partial charge in [-0.05, 0) is 55.5 Å². The number of benzene rings is 2. The Hall–Kier alpha value is -3.56. The van der Waals surface area contributed by atoms with Crippen molar-refractivity contribution in [2.75, 3.05) is 18.0 Å². The molecule has 0 saturated carbocycles. The zero-order chi connectivity index (χ0) is 26.4. The number of amides is 2. The average Bonchev–Trinajstić information content (AvgIpc) is 2.87. The lowest BCUT2D eigenvalue weighted by atomic mass is 9.91. The van der Waals surface area contributed by atoms with Crippen molar-refractivity contribution in [3.63, 3.8) is 0 Å². The van der Waals surface area contributed by atoms with Crippen LogP contribution in [0.1, 0.15) is 37.8 Å². The summed E-state index contributed by atoms with van der Waals surface area (Å²) in [7, 11) is 1.17. The molecule has 2 aromatic rings. The Balaban J connectivity index is 1.44. The molecule has 9 heteroatoms. The van der Waals surface area contributed by atoms with E-state index in [1.807, 2.05) is 18.2 Å². The van der Waals surface area contributed by atoms with Crippen LogP contribution in [-0.2, 0) is 36.9 Å². The number of carbonyl (C=O) groups is 4. The first-order valence-electron chi connectivity index (χ1n) is 12.5. The largest absolute Gasteiger partial charge is 0.462 e. The Labute approximate surface area is 217 Å². The predicted molar refractivity (Wildman–Crippen MR) is 141 cm³/mol. The van der Waals surface area contributed by atoms with Crippen molar-refractivity contribution < 1.29 is 23.9 Å². The number of imide groups is 1. The second kappa shape index (κ2) is 12.1. The molecule has 0 bridgehead atoms. The first kappa shape index (κ1) is 26.5. The van der Waals surface area contributed by atoms with E-state index in [1.54, 1.807) is 38.1 Å². The molecule has 1 N–H and O–H groups in total. The van der Waals surface area contributed by atoms with Gasteiger partial charge in [0.1, 0.15) is 6.04 Å². The molecule has 4 rings (SSSR count). The van der Waals surface area contributed by atoms with Gasteiger partial charge in [-0.25, -0.2) is 4.90 Å². The summed E-state index contributed by atoms with van der Waals surface area (Å²) in [5.41, 5.74) is 4.16. The van der Waals surface area contributed by atoms with Crippen LogP contribution in [0.4, 0.5) is 5.69 Å². The van der Waals surface area contributed by atoms with Crippen LogP contribution in [0.5, 0.6) is 0 Å². The quantitative estimate of drug-likeness (QED) is 0.232. The average molecular weight is 500 g/mol. The van der Waals surface area contributed by atoms with Gasteiger partial charge < -0.3 is 14.8 Å². The molecule has 0 saturated heterocycles. The van der Waals surface area contributed by atoms with Crippen LogP contribution >= 0.6 is 0 Å². The van der Waals surface area contributed by atoms with E-state index in [2.05, 4.69) is 22.3 Å². The summed E-state index contributed by atoms with van der Waals surface area (Å²) in [6, 6.07) is 16.4. The summed E-state index contributed by atoms with van der Waals surface area (Å²) in [5, 5.41) is 2.77. The predicted octanol–water partition coefficient (Wildman–Crippen LogP) is 2.41. The van der Waals surface area contributed by atoms with Gasteiger partial charge in [0.15, 0.2) is 0 Å². The van der Waals surface area contributed by atoms with Crippen molar-refractivity contribution in [3.8, 4) is 0 Å². The van der Waals surface area contributed by atoms with E-state index in [-0.39, 0.29) is 30.8 Å². The first-order valence-corrected chi connectivity index (χ1v) is 12.5. The van der Waals surface area contributed by atoms with Crippen molar-refractivity contribution in [1.82, 2.24) is 10.1 Å². The highest BCUT2D eigenvalue weighted by atomic mass is 16.5. The van der Waals surface area contributed by atoms with Crippen LogP contribution < -0.4 is 10.1 Å². The van der Waals surface area contributed by atoms with E-state index in [4.69, 9.17) is 4.74 Å². The van der Waals surface area contributed by atoms with Crippen molar-refractivity contribution in [2.24, 2.45) is 0 Å². The third-order valence-corrected chi connectivity index (χ3v) is 6.48. The second-order valence-corrected chi connectivity index (χ2v) is 9.62. The van der Waals surface area contributed by atoms with E-state index in [1.165, 1.54) is 17.9 Å². The normalized spacial score (nSPS) is 17.0. The molecule has 37 heavy (non-hydrogen) atoms. The van der Waals surface area contributed by atoms with E-state index < -0.39 is 12.0 Å².